The summed E-state index contributed by atoms with van der Waals surface area (Å²) < 4.78 is 18.3. The van der Waals surface area contributed by atoms with Gasteiger partial charge in [-0.05, 0) is 73.3 Å². The van der Waals surface area contributed by atoms with Crippen LogP contribution in [0, 0.1) is 23.7 Å². The quantitative estimate of drug-likeness (QED) is 0.215. The average Bonchev–Trinajstić information content (AvgIpc) is 3.01. The van der Waals surface area contributed by atoms with Crippen LogP contribution in [0.1, 0.15) is 51.0 Å². The predicted molar refractivity (Wildman–Crippen MR) is 158 cm³/mol. The van der Waals surface area contributed by atoms with Crippen molar-refractivity contribution in [2.24, 2.45) is 23.7 Å². The number of ether oxygens (including phenoxy) is 3. The summed E-state index contributed by atoms with van der Waals surface area (Å²) in [5, 5.41) is 55.7. The third-order valence-electron chi connectivity index (χ3n) is 11.1. The van der Waals surface area contributed by atoms with Gasteiger partial charge in [-0.15, -0.1) is 0 Å². The molecule has 2 aromatic rings. The molecular weight excluding hydrogens is 602 g/mol. The Morgan fingerprint density at radius 2 is 1.74 bits per heavy atom. The fraction of sp³-hybridized carbons (Fsp3) is 0.636. The first-order chi connectivity index (χ1) is 22.0. The topological polar surface area (TPSA) is 193 Å². The minimum Gasteiger partial charge on any atom is -0.476 e. The van der Waals surface area contributed by atoms with Crippen LogP contribution >= 0.6 is 0 Å². The van der Waals surface area contributed by atoms with Crippen LogP contribution in [0.2, 0.25) is 0 Å². The van der Waals surface area contributed by atoms with E-state index >= 15 is 0 Å². The number of methoxy groups -OCH3 is 1. The molecule has 13 nitrogen and oxygen atoms in total. The van der Waals surface area contributed by atoms with E-state index in [0.29, 0.717) is 28.2 Å². The molecule has 6 N–H and O–H groups in total. The number of carbonyl (C=O) groups is 2. The van der Waals surface area contributed by atoms with Gasteiger partial charge in [0.2, 0.25) is 5.91 Å². The Labute approximate surface area is 265 Å². The van der Waals surface area contributed by atoms with Crippen LogP contribution in [0.3, 0.4) is 0 Å². The molecular formula is C33H41NO12. The molecule has 250 valence electrons. The van der Waals surface area contributed by atoms with Crippen molar-refractivity contribution >= 4 is 22.6 Å². The minimum absolute atomic E-state index is 0.105. The maximum Gasteiger partial charge on any atom is 0.377 e. The summed E-state index contributed by atoms with van der Waals surface area (Å²) in [5.41, 5.74) is 0.0454. The van der Waals surface area contributed by atoms with Crippen LogP contribution in [0.4, 0.5) is 0 Å². The first-order valence-electron chi connectivity index (χ1n) is 15.9. The Bertz CT molecular complexity index is 1480. The standard InChI is InChI=1S/C33H41NO12/c1-16(36)34-27-24(37)14-31(30(40)41,44-29(27)28(39)25(38)15-35)43-26-5-3-4-19-6-7-20(13-23(19)26)33(42-2)32(45-46-33)21-9-17-8-18(11-21)12-22(32)10-17/h3-7,13,17-18,21-22,24-25,27-29,35,37-39H,8-12,14-15H2,1-2H3,(H,34,36)(H,40,41). The van der Waals surface area contributed by atoms with E-state index in [4.69, 9.17) is 24.0 Å². The molecule has 2 aliphatic heterocycles. The van der Waals surface area contributed by atoms with Gasteiger partial charge in [-0.3, -0.25) is 4.79 Å². The number of aliphatic hydroxyl groups is 4. The van der Waals surface area contributed by atoms with Crippen molar-refractivity contribution < 1.29 is 59.1 Å². The number of carboxylic acids is 1. The summed E-state index contributed by atoms with van der Waals surface area (Å²) in [6.45, 7) is 0.299. The van der Waals surface area contributed by atoms with E-state index in [0.717, 1.165) is 25.7 Å². The van der Waals surface area contributed by atoms with Gasteiger partial charge in [0.1, 0.15) is 24.1 Å². The van der Waals surface area contributed by atoms with Crippen LogP contribution in [-0.2, 0) is 34.6 Å². The van der Waals surface area contributed by atoms with Crippen molar-refractivity contribution in [3.63, 3.8) is 0 Å². The zero-order valence-electron chi connectivity index (χ0n) is 25.7. The first kappa shape index (κ1) is 31.7. The minimum atomic E-state index is -2.54. The summed E-state index contributed by atoms with van der Waals surface area (Å²) in [6, 6.07) is 9.39. The van der Waals surface area contributed by atoms with Gasteiger partial charge < -0.3 is 45.1 Å². The van der Waals surface area contributed by atoms with E-state index in [9.17, 15) is 35.1 Å². The van der Waals surface area contributed by atoms with E-state index in [1.807, 2.05) is 24.3 Å². The summed E-state index contributed by atoms with van der Waals surface area (Å²) >= 11 is 0. The third-order valence-corrected chi connectivity index (χ3v) is 11.1. The van der Waals surface area contributed by atoms with E-state index in [-0.39, 0.29) is 17.6 Å². The lowest BCUT2D eigenvalue weighted by atomic mass is 9.47. The Morgan fingerprint density at radius 1 is 1.04 bits per heavy atom. The zero-order chi connectivity index (χ0) is 32.6. The van der Waals surface area contributed by atoms with Gasteiger partial charge in [-0.25, -0.2) is 9.68 Å². The molecule has 2 saturated heterocycles. The van der Waals surface area contributed by atoms with Crippen LogP contribution in [0.15, 0.2) is 36.4 Å². The van der Waals surface area contributed by atoms with Gasteiger partial charge in [0.15, 0.2) is 5.60 Å². The second-order valence-corrected chi connectivity index (χ2v) is 13.8. The number of fused-ring (bicyclic) bond motifs is 1. The first-order valence-corrected chi connectivity index (χ1v) is 15.9. The molecule has 7 unspecified atom stereocenters. The largest absolute Gasteiger partial charge is 0.476 e. The molecule has 6 aliphatic rings. The molecule has 1 amide bonds. The second-order valence-electron chi connectivity index (χ2n) is 13.8. The second kappa shape index (κ2) is 11.4. The number of nitrogens with one attached hydrogen (secondary N) is 1. The highest BCUT2D eigenvalue weighted by Gasteiger charge is 2.76. The summed E-state index contributed by atoms with van der Waals surface area (Å²) in [5.74, 6) is -3.87. The summed E-state index contributed by atoms with van der Waals surface area (Å²) in [7, 11) is 1.61. The van der Waals surface area contributed by atoms with E-state index in [1.165, 1.54) is 13.3 Å². The van der Waals surface area contributed by atoms with Gasteiger partial charge in [0.05, 0.1) is 25.2 Å². The van der Waals surface area contributed by atoms with E-state index < -0.39 is 72.5 Å². The van der Waals surface area contributed by atoms with Gasteiger partial charge in [-0.2, -0.15) is 4.89 Å². The molecule has 0 radical (unpaired) electrons. The van der Waals surface area contributed by atoms with Crippen molar-refractivity contribution in [1.29, 1.82) is 0 Å². The van der Waals surface area contributed by atoms with Crippen LogP contribution in [-0.4, -0.2) is 93.0 Å². The number of rotatable bonds is 9. The smallest absolute Gasteiger partial charge is 0.377 e. The molecule has 1 spiro atoms. The predicted octanol–water partition coefficient (Wildman–Crippen LogP) is 1.32. The lowest BCUT2D eigenvalue weighted by molar-refractivity contribution is -0.645. The Kier molecular flexibility index (Phi) is 7.84. The highest BCUT2D eigenvalue weighted by molar-refractivity contribution is 5.90. The van der Waals surface area contributed by atoms with Gasteiger partial charge in [0, 0.05) is 25.0 Å². The number of aliphatic carboxylic acids is 1. The fourth-order valence-electron chi connectivity index (χ4n) is 9.30. The molecule has 2 aromatic carbocycles. The molecule has 46 heavy (non-hydrogen) atoms. The Morgan fingerprint density at radius 3 is 2.30 bits per heavy atom. The van der Waals surface area contributed by atoms with Crippen molar-refractivity contribution in [1.82, 2.24) is 5.32 Å². The number of aliphatic hydroxyl groups excluding tert-OH is 4. The fourth-order valence-corrected chi connectivity index (χ4v) is 9.30. The van der Waals surface area contributed by atoms with Crippen LogP contribution < -0.4 is 10.1 Å². The molecule has 8 rings (SSSR count). The number of benzene rings is 2. The molecule has 4 aliphatic carbocycles. The lowest BCUT2D eigenvalue weighted by Crippen LogP contribution is -2.76. The van der Waals surface area contributed by atoms with Gasteiger partial charge in [-0.1, -0.05) is 24.3 Å². The van der Waals surface area contributed by atoms with Crippen molar-refractivity contribution in [3.05, 3.63) is 42.0 Å². The SMILES string of the molecule is COC1(c2ccc3cccc(OC4(C(=O)O)CC(O)C(NC(C)=O)C(C(O)C(O)CO)O4)c3c2)OOC12C1CC3CC(C1)CC2C3. The highest BCUT2D eigenvalue weighted by atomic mass is 17.3. The Balaban J connectivity index is 1.26. The van der Waals surface area contributed by atoms with E-state index in [1.54, 1.807) is 19.2 Å². The molecule has 2 heterocycles. The molecule has 7 atom stereocenters. The van der Waals surface area contributed by atoms with Gasteiger partial charge >= 0.3 is 11.8 Å². The highest BCUT2D eigenvalue weighted by Crippen LogP contribution is 2.69. The van der Waals surface area contributed by atoms with Crippen LogP contribution in [0.25, 0.3) is 10.8 Å². The van der Waals surface area contributed by atoms with Gasteiger partial charge in [0.25, 0.3) is 5.79 Å². The Hall–Kier alpha value is -2.88. The summed E-state index contributed by atoms with van der Waals surface area (Å²) in [6.07, 6.45) is -2.00. The maximum atomic E-state index is 12.9. The number of hydrogen-bond donors (Lipinski definition) is 6. The number of hydrogen-bond acceptors (Lipinski definition) is 11. The van der Waals surface area contributed by atoms with Crippen molar-refractivity contribution in [2.45, 2.75) is 93.1 Å². The number of carbonyl (C=O) groups excluding carboxylic acids is 1. The normalized spacial score (nSPS) is 40.8. The van der Waals surface area contributed by atoms with Crippen molar-refractivity contribution in [3.8, 4) is 5.75 Å². The lowest BCUT2D eigenvalue weighted by Gasteiger charge is -2.68. The number of carboxylic acid groups (broad SMARTS) is 1. The van der Waals surface area contributed by atoms with Crippen molar-refractivity contribution in [2.75, 3.05) is 13.7 Å². The summed E-state index contributed by atoms with van der Waals surface area (Å²) in [4.78, 5) is 36.8. The maximum absolute atomic E-state index is 12.9. The molecule has 0 aromatic heterocycles. The number of amides is 1. The molecule has 4 saturated carbocycles. The zero-order valence-corrected chi connectivity index (χ0v) is 25.7. The van der Waals surface area contributed by atoms with Crippen LogP contribution in [0.5, 0.6) is 5.75 Å². The monoisotopic (exact) mass is 643 g/mol. The molecule has 4 bridgehead atoms. The average molecular weight is 644 g/mol. The molecule has 6 fully saturated rings. The van der Waals surface area contributed by atoms with E-state index in [2.05, 4.69) is 5.32 Å². The molecule has 13 heteroatoms. The third kappa shape index (κ3) is 4.59.